The fourth-order valence-corrected chi connectivity index (χ4v) is 1.68. The van der Waals surface area contributed by atoms with Gasteiger partial charge in [0, 0.05) is 12.3 Å². The van der Waals surface area contributed by atoms with Gasteiger partial charge in [-0.05, 0) is 39.2 Å². The highest BCUT2D eigenvalue weighted by Crippen LogP contribution is 2.16. The zero-order valence-electron chi connectivity index (χ0n) is 9.23. The van der Waals surface area contributed by atoms with E-state index in [4.69, 9.17) is 0 Å². The fraction of sp³-hybridized carbons (Fsp3) is 0.727. The van der Waals surface area contributed by atoms with Gasteiger partial charge in [0.1, 0.15) is 0 Å². The topological polar surface area (TPSA) is 12.4 Å². The van der Waals surface area contributed by atoms with Gasteiger partial charge >= 0.3 is 0 Å². The van der Waals surface area contributed by atoms with Gasteiger partial charge in [-0.1, -0.05) is 19.4 Å². The van der Waals surface area contributed by atoms with Crippen molar-refractivity contribution in [2.75, 3.05) is 6.54 Å². The molecule has 0 spiro atoms. The largest absolute Gasteiger partial charge is 0.290 e. The Morgan fingerprint density at radius 2 is 1.67 bits per heavy atom. The smallest absolute Gasteiger partial charge is 0.0364 e. The van der Waals surface area contributed by atoms with E-state index in [0.29, 0.717) is 5.92 Å². The first-order chi connectivity index (χ1) is 5.50. The molecule has 0 saturated carbocycles. The van der Waals surface area contributed by atoms with Gasteiger partial charge in [0.05, 0.1) is 0 Å². The van der Waals surface area contributed by atoms with Crippen LogP contribution in [0.3, 0.4) is 0 Å². The van der Waals surface area contributed by atoms with Crippen molar-refractivity contribution >= 4 is 5.71 Å². The van der Waals surface area contributed by atoms with Crippen LogP contribution >= 0.6 is 0 Å². The Hall–Kier alpha value is -0.590. The third kappa shape index (κ3) is 3.21. The summed E-state index contributed by atoms with van der Waals surface area (Å²) in [4.78, 5) is 4.43. The van der Waals surface area contributed by atoms with Crippen LogP contribution in [0.4, 0.5) is 0 Å². The van der Waals surface area contributed by atoms with Gasteiger partial charge in [0.2, 0.25) is 0 Å². The summed E-state index contributed by atoms with van der Waals surface area (Å²) in [5.74, 6) is 0.588. The third-order valence-electron chi connectivity index (χ3n) is 1.90. The van der Waals surface area contributed by atoms with Gasteiger partial charge in [0.15, 0.2) is 0 Å². The van der Waals surface area contributed by atoms with Crippen molar-refractivity contribution in [1.82, 2.24) is 0 Å². The molecule has 0 aliphatic rings. The minimum absolute atomic E-state index is 0.588. The van der Waals surface area contributed by atoms with Gasteiger partial charge in [0.25, 0.3) is 0 Å². The second kappa shape index (κ2) is 5.13. The van der Waals surface area contributed by atoms with Crippen molar-refractivity contribution in [2.45, 2.75) is 41.5 Å². The van der Waals surface area contributed by atoms with Crippen molar-refractivity contribution in [2.24, 2.45) is 10.9 Å². The zero-order valence-corrected chi connectivity index (χ0v) is 9.23. The second-order valence-electron chi connectivity index (χ2n) is 3.63. The number of allylic oxidation sites excluding steroid dienone is 2. The Bertz CT molecular complexity index is 193. The van der Waals surface area contributed by atoms with E-state index in [0.717, 1.165) is 6.54 Å². The molecular formula is C11H21N. The molecule has 0 aromatic rings. The Kier molecular flexibility index (Phi) is 4.87. The SMILES string of the molecule is CCN=C(C)C(=C(C)C)C(C)C. The maximum Gasteiger partial charge on any atom is 0.0364 e. The molecule has 0 fully saturated rings. The molecule has 1 heteroatoms. The van der Waals surface area contributed by atoms with Crippen LogP contribution in [0.2, 0.25) is 0 Å². The van der Waals surface area contributed by atoms with Crippen LogP contribution in [0, 0.1) is 5.92 Å². The molecule has 0 aromatic carbocycles. The maximum absolute atomic E-state index is 4.43. The average molecular weight is 167 g/mol. The van der Waals surface area contributed by atoms with Crippen LogP contribution in [0.25, 0.3) is 0 Å². The Morgan fingerprint density at radius 3 is 1.92 bits per heavy atom. The Labute approximate surface area is 76.6 Å². The molecule has 12 heavy (non-hydrogen) atoms. The minimum atomic E-state index is 0.588. The summed E-state index contributed by atoms with van der Waals surface area (Å²) in [6.07, 6.45) is 0. The van der Waals surface area contributed by atoms with E-state index in [2.05, 4.69) is 46.5 Å². The molecule has 0 radical (unpaired) electrons. The van der Waals surface area contributed by atoms with E-state index in [1.54, 1.807) is 0 Å². The summed E-state index contributed by atoms with van der Waals surface area (Å²) >= 11 is 0. The highest BCUT2D eigenvalue weighted by Gasteiger charge is 2.07. The van der Waals surface area contributed by atoms with Gasteiger partial charge < -0.3 is 0 Å². The van der Waals surface area contributed by atoms with Crippen LogP contribution in [-0.2, 0) is 0 Å². The molecule has 0 aliphatic carbocycles. The predicted molar refractivity (Wildman–Crippen MR) is 56.9 cm³/mol. The summed E-state index contributed by atoms with van der Waals surface area (Å²) in [5.41, 5.74) is 4.00. The van der Waals surface area contributed by atoms with Gasteiger partial charge in [-0.2, -0.15) is 0 Å². The molecule has 0 unspecified atom stereocenters. The molecule has 0 N–H and O–H groups in total. The quantitative estimate of drug-likeness (QED) is 0.571. The number of hydrogen-bond donors (Lipinski definition) is 0. The lowest BCUT2D eigenvalue weighted by molar-refractivity contribution is 0.788. The summed E-state index contributed by atoms with van der Waals surface area (Å²) in [7, 11) is 0. The molecule has 0 heterocycles. The molecule has 0 saturated heterocycles. The molecule has 0 atom stereocenters. The van der Waals surface area contributed by atoms with E-state index < -0.39 is 0 Å². The summed E-state index contributed by atoms with van der Waals surface area (Å²) in [6, 6.07) is 0. The fourth-order valence-electron chi connectivity index (χ4n) is 1.68. The lowest BCUT2D eigenvalue weighted by Gasteiger charge is -2.13. The van der Waals surface area contributed by atoms with Gasteiger partial charge in [-0.25, -0.2) is 0 Å². The molecule has 0 amide bonds. The molecule has 0 aliphatic heterocycles. The van der Waals surface area contributed by atoms with E-state index >= 15 is 0 Å². The normalized spacial score (nSPS) is 12.1. The van der Waals surface area contributed by atoms with Crippen molar-refractivity contribution in [1.29, 1.82) is 0 Å². The van der Waals surface area contributed by atoms with Gasteiger partial charge in [-0.3, -0.25) is 4.99 Å². The molecule has 1 nitrogen and oxygen atoms in total. The summed E-state index contributed by atoms with van der Waals surface area (Å²) < 4.78 is 0. The highest BCUT2D eigenvalue weighted by atomic mass is 14.7. The number of nitrogens with zero attached hydrogens (tertiary/aromatic N) is 1. The Balaban J connectivity index is 4.78. The standard InChI is InChI=1S/C11H21N/c1-7-12-10(6)11(8(2)3)9(4)5/h8H,7H2,1-6H3. The minimum Gasteiger partial charge on any atom is -0.290 e. The Morgan fingerprint density at radius 1 is 1.17 bits per heavy atom. The van der Waals surface area contributed by atoms with Crippen LogP contribution < -0.4 is 0 Å². The van der Waals surface area contributed by atoms with E-state index in [-0.39, 0.29) is 0 Å². The highest BCUT2D eigenvalue weighted by molar-refractivity contribution is 5.99. The lowest BCUT2D eigenvalue weighted by Crippen LogP contribution is -2.07. The molecular weight excluding hydrogens is 146 g/mol. The molecule has 70 valence electrons. The molecule has 0 aromatic heterocycles. The number of rotatable bonds is 3. The first kappa shape index (κ1) is 11.4. The van der Waals surface area contributed by atoms with E-state index in [9.17, 15) is 0 Å². The van der Waals surface area contributed by atoms with Crippen LogP contribution in [0.5, 0.6) is 0 Å². The third-order valence-corrected chi connectivity index (χ3v) is 1.90. The lowest BCUT2D eigenvalue weighted by atomic mass is 9.95. The predicted octanol–water partition coefficient (Wildman–Crippen LogP) is 3.46. The monoisotopic (exact) mass is 167 g/mol. The first-order valence-electron chi connectivity index (χ1n) is 4.69. The van der Waals surface area contributed by atoms with Crippen LogP contribution in [-0.4, -0.2) is 12.3 Å². The zero-order chi connectivity index (χ0) is 9.72. The molecule has 0 rings (SSSR count). The van der Waals surface area contributed by atoms with Crippen molar-refractivity contribution in [3.63, 3.8) is 0 Å². The van der Waals surface area contributed by atoms with E-state index in [1.807, 2.05) is 0 Å². The van der Waals surface area contributed by atoms with Crippen molar-refractivity contribution in [3.05, 3.63) is 11.1 Å². The summed E-state index contributed by atoms with van der Waals surface area (Å²) in [6.45, 7) is 13.8. The first-order valence-corrected chi connectivity index (χ1v) is 4.69. The number of aliphatic imine (C=N–C) groups is 1. The summed E-state index contributed by atoms with van der Waals surface area (Å²) in [5, 5.41) is 0. The number of hydrogen-bond acceptors (Lipinski definition) is 1. The van der Waals surface area contributed by atoms with Crippen molar-refractivity contribution in [3.8, 4) is 0 Å². The average Bonchev–Trinajstić information content (AvgIpc) is 1.85. The van der Waals surface area contributed by atoms with Crippen LogP contribution in [0.1, 0.15) is 41.5 Å². The van der Waals surface area contributed by atoms with Crippen molar-refractivity contribution < 1.29 is 0 Å². The van der Waals surface area contributed by atoms with Crippen LogP contribution in [0.15, 0.2) is 16.1 Å². The van der Waals surface area contributed by atoms with E-state index in [1.165, 1.54) is 16.9 Å². The molecule has 0 bridgehead atoms. The second-order valence-corrected chi connectivity index (χ2v) is 3.63. The van der Waals surface area contributed by atoms with Gasteiger partial charge in [-0.15, -0.1) is 0 Å². The maximum atomic E-state index is 4.43.